The minimum Gasteiger partial charge on any atom is -0.481 e. The Morgan fingerprint density at radius 2 is 1.50 bits per heavy atom. The Morgan fingerprint density at radius 3 is 1.94 bits per heavy atom. The van der Waals surface area contributed by atoms with Gasteiger partial charge in [-0.05, 0) is 34.4 Å². The van der Waals surface area contributed by atoms with Crippen molar-refractivity contribution < 1.29 is 29.3 Å². The molecule has 2 aromatic rings. The van der Waals surface area contributed by atoms with E-state index in [0.717, 1.165) is 22.3 Å². The second-order valence-corrected chi connectivity index (χ2v) is 10.8. The number of thioether (sulfide) groups is 1. The molecule has 7 nitrogen and oxygen atoms in total. The molecule has 1 unspecified atom stereocenters. The van der Waals surface area contributed by atoms with Crippen molar-refractivity contribution in [1.29, 1.82) is 0 Å². The first-order valence-electron chi connectivity index (χ1n) is 11.2. The Morgan fingerprint density at radius 1 is 1.00 bits per heavy atom. The van der Waals surface area contributed by atoms with Crippen molar-refractivity contribution in [3.05, 3.63) is 59.7 Å². The second kappa shape index (κ2) is 12.5. The van der Waals surface area contributed by atoms with E-state index in [-0.39, 0.29) is 23.7 Å². The number of amides is 1. The molecule has 184 valence electrons. The summed E-state index contributed by atoms with van der Waals surface area (Å²) in [5.74, 6) is -1.20. The first-order valence-corrected chi connectivity index (χ1v) is 12.2. The van der Waals surface area contributed by atoms with E-state index < -0.39 is 24.1 Å². The fraction of sp³-hybridized carbons (Fsp3) is 0.423. The number of carbonyl (C=O) groups excluding carboxylic acids is 1. The Kier molecular flexibility index (Phi) is 9.98. The summed E-state index contributed by atoms with van der Waals surface area (Å²) in [7, 11) is 0. The average Bonchev–Trinajstić information content (AvgIpc) is 3.10. The van der Waals surface area contributed by atoms with Crippen molar-refractivity contribution in [3.8, 4) is 11.1 Å². The van der Waals surface area contributed by atoms with Crippen LogP contribution in [0.4, 0.5) is 4.79 Å². The molecule has 0 saturated heterocycles. The molecule has 2 aromatic carbocycles. The fourth-order valence-corrected chi connectivity index (χ4v) is 4.49. The van der Waals surface area contributed by atoms with E-state index in [1.54, 1.807) is 18.7 Å². The highest BCUT2D eigenvalue weighted by molar-refractivity contribution is 8.00. The second-order valence-electron chi connectivity index (χ2n) is 8.86. The van der Waals surface area contributed by atoms with Gasteiger partial charge in [0.25, 0.3) is 0 Å². The van der Waals surface area contributed by atoms with Crippen molar-refractivity contribution in [2.24, 2.45) is 0 Å². The summed E-state index contributed by atoms with van der Waals surface area (Å²) in [5.41, 5.74) is 4.55. The summed E-state index contributed by atoms with van der Waals surface area (Å²) < 4.78 is 5.50. The van der Waals surface area contributed by atoms with Gasteiger partial charge in [-0.15, -0.1) is 0 Å². The van der Waals surface area contributed by atoms with Crippen molar-refractivity contribution in [2.75, 3.05) is 12.4 Å². The number of rotatable bonds is 8. The van der Waals surface area contributed by atoms with Crippen LogP contribution in [0, 0.1) is 0 Å². The van der Waals surface area contributed by atoms with E-state index in [1.807, 2.05) is 36.4 Å². The Hall–Kier alpha value is -3.00. The third kappa shape index (κ3) is 8.09. The molecular formula is C26H33NO6S. The molecule has 1 atom stereocenters. The van der Waals surface area contributed by atoms with E-state index in [2.05, 4.69) is 38.2 Å². The standard InChI is InChI=1S/C23H27NO4S.C3H6O2/c1-23(2,3)29-13-12-20(21(25)26)24-22(27)28-14-19-17-10-6-4-8-15(17)16-9-5-7-11-18(16)19;1-2-3(4)5/h4-11,19-20H,12-14H2,1-3H3,(H,24,27)(H,25,26);2H2,1H3,(H,4,5). The van der Waals surface area contributed by atoms with Crippen LogP contribution >= 0.6 is 11.8 Å². The molecule has 3 N–H and O–H groups in total. The van der Waals surface area contributed by atoms with Gasteiger partial charge in [0.05, 0.1) is 0 Å². The average molecular weight is 488 g/mol. The van der Waals surface area contributed by atoms with Gasteiger partial charge in [-0.2, -0.15) is 11.8 Å². The summed E-state index contributed by atoms with van der Waals surface area (Å²) in [6.45, 7) is 8.00. The predicted molar refractivity (Wildman–Crippen MR) is 134 cm³/mol. The summed E-state index contributed by atoms with van der Waals surface area (Å²) >= 11 is 1.67. The van der Waals surface area contributed by atoms with Gasteiger partial charge in [-0.3, -0.25) is 4.79 Å². The molecule has 8 heteroatoms. The Balaban J connectivity index is 0.000000739. The minimum absolute atomic E-state index is 0.0483. The Labute approximate surface area is 204 Å². The van der Waals surface area contributed by atoms with Crippen LogP contribution in [-0.2, 0) is 14.3 Å². The zero-order valence-electron chi connectivity index (χ0n) is 20.0. The molecular weight excluding hydrogens is 454 g/mol. The summed E-state index contributed by atoms with van der Waals surface area (Å²) in [4.78, 5) is 33.2. The topological polar surface area (TPSA) is 113 Å². The number of alkyl carbamates (subject to hydrolysis) is 1. The van der Waals surface area contributed by atoms with Crippen LogP contribution in [0.5, 0.6) is 0 Å². The van der Waals surface area contributed by atoms with Crippen molar-refractivity contribution >= 4 is 29.8 Å². The van der Waals surface area contributed by atoms with Crippen molar-refractivity contribution in [3.63, 3.8) is 0 Å². The summed E-state index contributed by atoms with van der Waals surface area (Å²) in [6.07, 6.45) is -0.124. The van der Waals surface area contributed by atoms with Gasteiger partial charge in [-0.1, -0.05) is 76.2 Å². The number of ether oxygens (including phenoxy) is 1. The summed E-state index contributed by atoms with van der Waals surface area (Å²) in [5, 5.41) is 19.6. The summed E-state index contributed by atoms with van der Waals surface area (Å²) in [6, 6.07) is 15.2. The number of hydrogen-bond donors (Lipinski definition) is 3. The maximum atomic E-state index is 12.3. The van der Waals surface area contributed by atoms with E-state index in [1.165, 1.54) is 0 Å². The van der Waals surface area contributed by atoms with E-state index in [0.29, 0.717) is 12.2 Å². The molecule has 3 rings (SSSR count). The lowest BCUT2D eigenvalue weighted by Crippen LogP contribution is -2.42. The van der Waals surface area contributed by atoms with Gasteiger partial charge in [0, 0.05) is 17.1 Å². The maximum absolute atomic E-state index is 12.3. The van der Waals surface area contributed by atoms with Gasteiger partial charge >= 0.3 is 18.0 Å². The lowest BCUT2D eigenvalue weighted by atomic mass is 9.98. The number of benzene rings is 2. The van der Waals surface area contributed by atoms with Gasteiger partial charge in [0.1, 0.15) is 12.6 Å². The number of nitrogens with one attached hydrogen (secondary N) is 1. The highest BCUT2D eigenvalue weighted by Gasteiger charge is 2.29. The highest BCUT2D eigenvalue weighted by Crippen LogP contribution is 2.44. The molecule has 0 saturated carbocycles. The molecule has 0 aliphatic heterocycles. The molecule has 0 spiro atoms. The monoisotopic (exact) mass is 487 g/mol. The predicted octanol–water partition coefficient (Wildman–Crippen LogP) is 5.38. The Bertz CT molecular complexity index is 955. The first kappa shape index (κ1) is 27.2. The van der Waals surface area contributed by atoms with Crippen LogP contribution in [0.15, 0.2) is 48.5 Å². The van der Waals surface area contributed by atoms with Gasteiger partial charge in [-0.25, -0.2) is 9.59 Å². The SMILES string of the molecule is CC(C)(C)SCCC(NC(=O)OCC1c2ccccc2-c2ccccc21)C(=O)O.CCC(=O)O. The normalized spacial score (nSPS) is 13.1. The highest BCUT2D eigenvalue weighted by atomic mass is 32.2. The van der Waals surface area contributed by atoms with Crippen LogP contribution in [0.2, 0.25) is 0 Å². The van der Waals surface area contributed by atoms with E-state index >= 15 is 0 Å². The molecule has 1 aliphatic carbocycles. The first-order chi connectivity index (χ1) is 16.0. The molecule has 1 amide bonds. The zero-order valence-corrected chi connectivity index (χ0v) is 20.9. The number of carbonyl (C=O) groups is 3. The van der Waals surface area contributed by atoms with Gasteiger partial charge in [0.2, 0.25) is 0 Å². The quantitative estimate of drug-likeness (QED) is 0.458. The smallest absolute Gasteiger partial charge is 0.407 e. The van der Waals surface area contributed by atoms with E-state index in [4.69, 9.17) is 9.84 Å². The lowest BCUT2D eigenvalue weighted by Gasteiger charge is -2.20. The van der Waals surface area contributed by atoms with Crippen LogP contribution in [0.3, 0.4) is 0 Å². The molecule has 34 heavy (non-hydrogen) atoms. The molecule has 0 bridgehead atoms. The van der Waals surface area contributed by atoms with E-state index in [9.17, 15) is 19.5 Å². The third-order valence-corrected chi connectivity index (χ3v) is 6.48. The number of carboxylic acid groups (broad SMARTS) is 2. The maximum Gasteiger partial charge on any atom is 0.407 e. The number of carboxylic acids is 2. The number of hydrogen-bond acceptors (Lipinski definition) is 5. The zero-order chi connectivity index (χ0) is 25.3. The molecule has 0 aromatic heterocycles. The molecule has 0 radical (unpaired) electrons. The van der Waals surface area contributed by atoms with Gasteiger partial charge in [0.15, 0.2) is 0 Å². The number of fused-ring (bicyclic) bond motifs is 3. The van der Waals surface area contributed by atoms with Gasteiger partial charge < -0.3 is 20.3 Å². The number of aliphatic carboxylic acids is 2. The largest absolute Gasteiger partial charge is 0.481 e. The minimum atomic E-state index is -1.05. The fourth-order valence-electron chi connectivity index (χ4n) is 3.52. The third-order valence-electron chi connectivity index (χ3n) is 5.18. The van der Waals surface area contributed by atoms with Crippen LogP contribution in [0.25, 0.3) is 11.1 Å². The molecule has 0 heterocycles. The van der Waals surface area contributed by atoms with Crippen LogP contribution < -0.4 is 5.32 Å². The van der Waals surface area contributed by atoms with Crippen LogP contribution in [-0.4, -0.2) is 51.4 Å². The van der Waals surface area contributed by atoms with Crippen LogP contribution in [0.1, 0.15) is 57.6 Å². The van der Waals surface area contributed by atoms with Crippen molar-refractivity contribution in [2.45, 2.75) is 57.2 Å². The lowest BCUT2D eigenvalue weighted by molar-refractivity contribution is -0.139. The molecule has 0 fully saturated rings. The van der Waals surface area contributed by atoms with Crippen molar-refractivity contribution in [1.82, 2.24) is 5.32 Å². The molecule has 1 aliphatic rings.